The van der Waals surface area contributed by atoms with Gasteiger partial charge in [-0.25, -0.2) is 0 Å². The van der Waals surface area contributed by atoms with Gasteiger partial charge in [0.05, 0.1) is 24.7 Å². The van der Waals surface area contributed by atoms with E-state index in [1.54, 1.807) is 26.4 Å². The van der Waals surface area contributed by atoms with Crippen LogP contribution in [0.4, 0.5) is 17.1 Å². The highest BCUT2D eigenvalue weighted by Crippen LogP contribution is 2.35. The summed E-state index contributed by atoms with van der Waals surface area (Å²) in [5.41, 5.74) is 11.2. The van der Waals surface area contributed by atoms with E-state index >= 15 is 0 Å². The van der Waals surface area contributed by atoms with Crippen LogP contribution in [0.3, 0.4) is 0 Å². The summed E-state index contributed by atoms with van der Waals surface area (Å²) in [7, 11) is 3.22. The third kappa shape index (κ3) is 6.89. The van der Waals surface area contributed by atoms with Gasteiger partial charge in [0.25, 0.3) is 5.91 Å². The van der Waals surface area contributed by atoms with Crippen LogP contribution in [-0.2, 0) is 0 Å². The van der Waals surface area contributed by atoms with Gasteiger partial charge < -0.3 is 30.6 Å². The lowest BCUT2D eigenvalue weighted by molar-refractivity contribution is 0.0952. The second-order valence-electron chi connectivity index (χ2n) is 8.16. The quantitative estimate of drug-likeness (QED) is 0.112. The normalized spacial score (nSPS) is 10.4. The minimum Gasteiger partial charge on any atom is -0.496 e. The van der Waals surface area contributed by atoms with Crippen molar-refractivity contribution in [3.63, 3.8) is 0 Å². The first-order chi connectivity index (χ1) is 18.1. The van der Waals surface area contributed by atoms with Crippen LogP contribution in [0.25, 0.3) is 11.1 Å². The number of benzene rings is 4. The van der Waals surface area contributed by atoms with Crippen molar-refractivity contribution < 1.29 is 14.3 Å². The highest BCUT2D eigenvalue weighted by atomic mass is 32.2. The number of nitrogens with two attached hydrogens (primary N) is 1. The first kappa shape index (κ1) is 25.8. The van der Waals surface area contributed by atoms with E-state index in [0.717, 1.165) is 38.8 Å². The fourth-order valence-electron chi connectivity index (χ4n) is 3.77. The zero-order chi connectivity index (χ0) is 26.0. The highest BCUT2D eigenvalue weighted by Gasteiger charge is 2.11. The van der Waals surface area contributed by atoms with Gasteiger partial charge >= 0.3 is 0 Å². The van der Waals surface area contributed by atoms with Crippen molar-refractivity contribution in [2.24, 2.45) is 0 Å². The van der Waals surface area contributed by atoms with Crippen LogP contribution in [0.5, 0.6) is 11.5 Å². The smallest absolute Gasteiger partial charge is 0.255 e. The predicted octanol–water partition coefficient (Wildman–Crippen LogP) is 5.91. The lowest BCUT2D eigenvalue weighted by atomic mass is 10.1. The lowest BCUT2D eigenvalue weighted by Crippen LogP contribution is -2.29. The van der Waals surface area contributed by atoms with Crippen LogP contribution in [0, 0.1) is 0 Å². The molecule has 0 atom stereocenters. The maximum Gasteiger partial charge on any atom is 0.255 e. The molecule has 5 N–H and O–H groups in total. The third-order valence-corrected chi connectivity index (χ3v) is 6.49. The zero-order valence-corrected chi connectivity index (χ0v) is 21.6. The fourth-order valence-corrected chi connectivity index (χ4v) is 4.56. The van der Waals surface area contributed by atoms with E-state index in [0.29, 0.717) is 24.4 Å². The first-order valence-corrected chi connectivity index (χ1v) is 12.6. The molecule has 1 amide bonds. The number of carbonyl (C=O) groups excluding carboxylic acids is 1. The van der Waals surface area contributed by atoms with Crippen molar-refractivity contribution in [3.8, 4) is 22.6 Å². The van der Waals surface area contributed by atoms with E-state index < -0.39 is 0 Å². The fraction of sp³-hybridized carbons (Fsp3) is 0.138. The molecule has 0 aromatic heterocycles. The van der Waals surface area contributed by atoms with Crippen LogP contribution < -0.4 is 30.6 Å². The Morgan fingerprint density at radius 1 is 0.784 bits per heavy atom. The van der Waals surface area contributed by atoms with Crippen molar-refractivity contribution in [1.29, 1.82) is 0 Å². The molecular weight excluding hydrogens is 484 g/mol. The van der Waals surface area contributed by atoms with Crippen LogP contribution >= 0.6 is 11.9 Å². The van der Waals surface area contributed by atoms with Gasteiger partial charge in [0.1, 0.15) is 11.5 Å². The topological polar surface area (TPSA) is 97.6 Å². The molecule has 4 aromatic carbocycles. The van der Waals surface area contributed by atoms with E-state index in [1.165, 1.54) is 11.9 Å². The number of ether oxygens (including phenoxy) is 2. The molecule has 0 saturated heterocycles. The lowest BCUT2D eigenvalue weighted by Gasteiger charge is -2.13. The number of nitrogens with one attached hydrogen (secondary N) is 3. The van der Waals surface area contributed by atoms with E-state index in [1.807, 2.05) is 72.8 Å². The van der Waals surface area contributed by atoms with Crippen molar-refractivity contribution in [2.75, 3.05) is 43.1 Å². The monoisotopic (exact) mass is 514 g/mol. The number of carbonyl (C=O) groups is 1. The molecule has 0 spiro atoms. The molecule has 0 saturated carbocycles. The van der Waals surface area contributed by atoms with E-state index in [-0.39, 0.29) is 5.91 Å². The minimum absolute atomic E-state index is 0.166. The van der Waals surface area contributed by atoms with E-state index in [2.05, 4.69) is 21.4 Å². The Kier molecular flexibility index (Phi) is 8.78. The summed E-state index contributed by atoms with van der Waals surface area (Å²) < 4.78 is 14.2. The average molecular weight is 515 g/mol. The summed E-state index contributed by atoms with van der Waals surface area (Å²) in [5, 5.41) is 6.26. The summed E-state index contributed by atoms with van der Waals surface area (Å²) in [5.74, 6) is 1.17. The number of hydrogen-bond donors (Lipinski definition) is 4. The van der Waals surface area contributed by atoms with Crippen molar-refractivity contribution >= 4 is 34.9 Å². The van der Waals surface area contributed by atoms with E-state index in [4.69, 9.17) is 15.2 Å². The van der Waals surface area contributed by atoms with Gasteiger partial charge in [-0.2, -0.15) is 0 Å². The number of anilines is 3. The molecule has 8 heteroatoms. The molecular formula is C29H30N4O3S. The molecule has 0 aliphatic rings. The molecule has 4 aromatic rings. The Morgan fingerprint density at radius 2 is 1.54 bits per heavy atom. The van der Waals surface area contributed by atoms with Crippen LogP contribution in [0.2, 0.25) is 0 Å². The van der Waals surface area contributed by atoms with Gasteiger partial charge in [0.2, 0.25) is 0 Å². The largest absolute Gasteiger partial charge is 0.496 e. The van der Waals surface area contributed by atoms with Gasteiger partial charge in [0.15, 0.2) is 0 Å². The SMILES string of the molecule is COc1ccc(-c2cccc(N)c2)cc1SNc1cccc(NCCNC(=O)c2ccccc2OC)c1. The Morgan fingerprint density at radius 3 is 2.35 bits per heavy atom. The number of rotatable bonds is 11. The van der Waals surface area contributed by atoms with Crippen molar-refractivity contribution in [2.45, 2.75) is 4.90 Å². The average Bonchev–Trinajstić information content (AvgIpc) is 2.94. The molecule has 0 unspecified atom stereocenters. The summed E-state index contributed by atoms with van der Waals surface area (Å²) >= 11 is 1.48. The molecule has 0 fully saturated rings. The van der Waals surface area contributed by atoms with Gasteiger partial charge in [0, 0.05) is 30.2 Å². The molecule has 0 heterocycles. The molecule has 190 valence electrons. The molecule has 0 aliphatic heterocycles. The number of para-hydroxylation sites is 1. The van der Waals surface area contributed by atoms with Crippen LogP contribution in [0.1, 0.15) is 10.4 Å². The van der Waals surface area contributed by atoms with Crippen LogP contribution in [0.15, 0.2) is 95.9 Å². The number of hydrogen-bond acceptors (Lipinski definition) is 7. The highest BCUT2D eigenvalue weighted by molar-refractivity contribution is 8.00. The molecule has 37 heavy (non-hydrogen) atoms. The standard InChI is InChI=1S/C29H30N4O3S/c1-35-26-12-4-3-11-25(26)29(34)32-16-15-31-23-9-6-10-24(19-23)33-37-28-18-21(13-14-27(28)36-2)20-7-5-8-22(30)17-20/h3-14,17-19,31,33H,15-16,30H2,1-2H3,(H,32,34). The molecule has 0 radical (unpaired) electrons. The van der Waals surface area contributed by atoms with Gasteiger partial charge in [-0.3, -0.25) is 4.79 Å². The summed E-state index contributed by atoms with van der Waals surface area (Å²) in [4.78, 5) is 13.4. The second-order valence-corrected chi connectivity index (χ2v) is 9.01. The Bertz CT molecular complexity index is 1360. The second kappa shape index (κ2) is 12.6. The maximum absolute atomic E-state index is 12.4. The summed E-state index contributed by atoms with van der Waals surface area (Å²) in [6.07, 6.45) is 0. The first-order valence-electron chi connectivity index (χ1n) is 11.8. The number of methoxy groups -OCH3 is 2. The number of nitrogen functional groups attached to an aromatic ring is 1. The minimum atomic E-state index is -0.166. The summed E-state index contributed by atoms with van der Waals surface area (Å²) in [6, 6.07) is 29.0. The maximum atomic E-state index is 12.4. The molecule has 0 bridgehead atoms. The summed E-state index contributed by atoms with van der Waals surface area (Å²) in [6.45, 7) is 1.05. The molecule has 4 rings (SSSR count). The number of amides is 1. The molecule has 7 nitrogen and oxygen atoms in total. The Balaban J connectivity index is 1.33. The Labute approximate surface area is 221 Å². The zero-order valence-electron chi connectivity index (χ0n) is 20.8. The van der Waals surface area contributed by atoms with E-state index in [9.17, 15) is 4.79 Å². The third-order valence-electron chi connectivity index (χ3n) is 5.62. The molecule has 0 aliphatic carbocycles. The van der Waals surface area contributed by atoms with Gasteiger partial charge in [-0.1, -0.05) is 36.4 Å². The van der Waals surface area contributed by atoms with Crippen molar-refractivity contribution in [1.82, 2.24) is 5.32 Å². The van der Waals surface area contributed by atoms with Gasteiger partial charge in [-0.05, 0) is 77.7 Å². The van der Waals surface area contributed by atoms with Gasteiger partial charge in [-0.15, -0.1) is 0 Å². The van der Waals surface area contributed by atoms with Crippen LogP contribution in [-0.4, -0.2) is 33.2 Å². The predicted molar refractivity (Wildman–Crippen MR) is 153 cm³/mol. The van der Waals surface area contributed by atoms with Crippen molar-refractivity contribution in [3.05, 3.63) is 96.6 Å². The Hall–Kier alpha value is -4.30.